The predicted molar refractivity (Wildman–Crippen MR) is 88.2 cm³/mol. The molecule has 2 rings (SSSR count). The van der Waals surface area contributed by atoms with Crippen LogP contribution in [0.25, 0.3) is 0 Å². The number of nitrogens with zero attached hydrogens (tertiary/aromatic N) is 2. The van der Waals surface area contributed by atoms with E-state index in [9.17, 15) is 13.6 Å². The summed E-state index contributed by atoms with van der Waals surface area (Å²) in [5.74, 6) is -1.76. The Kier molecular flexibility index (Phi) is 5.85. The van der Waals surface area contributed by atoms with Crippen LogP contribution in [0.5, 0.6) is 0 Å². The van der Waals surface area contributed by atoms with E-state index in [2.05, 4.69) is 0 Å². The second kappa shape index (κ2) is 7.66. The van der Waals surface area contributed by atoms with Gasteiger partial charge in [0.25, 0.3) is 0 Å². The van der Waals surface area contributed by atoms with Gasteiger partial charge in [0.2, 0.25) is 5.91 Å². The summed E-state index contributed by atoms with van der Waals surface area (Å²) in [4.78, 5) is 16.9. The number of halogens is 2. The van der Waals surface area contributed by atoms with Crippen molar-refractivity contribution in [3.05, 3.63) is 57.8 Å². The van der Waals surface area contributed by atoms with Crippen LogP contribution in [-0.2, 0) is 11.3 Å². The quantitative estimate of drug-likeness (QED) is 0.802. The van der Waals surface area contributed by atoms with E-state index in [0.717, 1.165) is 10.9 Å². The Balaban J connectivity index is 1.95. The fourth-order valence-electron chi connectivity index (χ4n) is 2.22. The normalized spacial score (nSPS) is 12.4. The largest absolute Gasteiger partial charge is 0.340 e. The second-order valence-corrected chi connectivity index (χ2v) is 6.63. The summed E-state index contributed by atoms with van der Waals surface area (Å²) in [6, 6.07) is 7.58. The Bertz CT molecular complexity index is 661. The number of likely N-dealkylation sites (N-methyl/N-ethyl adjacent to an activating group) is 2. The molecule has 0 bridgehead atoms. The zero-order valence-electron chi connectivity index (χ0n) is 13.4. The zero-order valence-corrected chi connectivity index (χ0v) is 14.2. The highest BCUT2D eigenvalue weighted by Crippen LogP contribution is 2.21. The van der Waals surface area contributed by atoms with E-state index in [1.807, 2.05) is 29.3 Å². The molecule has 0 aliphatic heterocycles. The average molecular weight is 338 g/mol. The van der Waals surface area contributed by atoms with Gasteiger partial charge in [-0.05, 0) is 43.1 Å². The van der Waals surface area contributed by atoms with Crippen LogP contribution in [0, 0.1) is 11.6 Å². The van der Waals surface area contributed by atoms with E-state index in [1.165, 1.54) is 6.07 Å². The van der Waals surface area contributed by atoms with Gasteiger partial charge in [0.15, 0.2) is 11.6 Å². The molecule has 1 amide bonds. The molecule has 1 aromatic carbocycles. The second-order valence-electron chi connectivity index (χ2n) is 5.59. The van der Waals surface area contributed by atoms with Crippen molar-refractivity contribution in [2.24, 2.45) is 0 Å². The summed E-state index contributed by atoms with van der Waals surface area (Å²) in [6.45, 7) is 2.64. The summed E-state index contributed by atoms with van der Waals surface area (Å²) in [5, 5.41) is 1.98. The van der Waals surface area contributed by atoms with Crippen LogP contribution in [0.3, 0.4) is 0 Å². The molecule has 3 nitrogen and oxygen atoms in total. The molecule has 1 aromatic heterocycles. The SMILES string of the molecule is CC(c1ccc(F)c(F)c1)N(C)CC(=O)N(C)Cc1cccs1. The number of benzene rings is 1. The van der Waals surface area contributed by atoms with Gasteiger partial charge in [-0.2, -0.15) is 0 Å². The number of carbonyl (C=O) groups is 1. The first kappa shape index (κ1) is 17.6. The molecule has 1 atom stereocenters. The molecule has 23 heavy (non-hydrogen) atoms. The number of hydrogen-bond acceptors (Lipinski definition) is 3. The Labute approximate surface area is 139 Å². The maximum absolute atomic E-state index is 13.3. The van der Waals surface area contributed by atoms with Crippen LogP contribution in [0.1, 0.15) is 23.4 Å². The summed E-state index contributed by atoms with van der Waals surface area (Å²) in [7, 11) is 3.56. The maximum Gasteiger partial charge on any atom is 0.236 e. The van der Waals surface area contributed by atoms with Gasteiger partial charge in [-0.25, -0.2) is 8.78 Å². The minimum absolute atomic E-state index is 0.0182. The summed E-state index contributed by atoms with van der Waals surface area (Å²) in [6.07, 6.45) is 0. The van der Waals surface area contributed by atoms with Gasteiger partial charge in [0.05, 0.1) is 13.1 Å². The third-order valence-electron chi connectivity index (χ3n) is 3.87. The van der Waals surface area contributed by atoms with E-state index >= 15 is 0 Å². The van der Waals surface area contributed by atoms with E-state index in [0.29, 0.717) is 12.1 Å². The number of hydrogen-bond donors (Lipinski definition) is 0. The maximum atomic E-state index is 13.3. The van der Waals surface area contributed by atoms with Crippen LogP contribution < -0.4 is 0 Å². The van der Waals surface area contributed by atoms with Crippen molar-refractivity contribution < 1.29 is 13.6 Å². The Morgan fingerprint density at radius 2 is 1.96 bits per heavy atom. The first-order valence-corrected chi connectivity index (χ1v) is 8.18. The standard InChI is InChI=1S/C17H20F2N2OS/c1-12(13-6-7-15(18)16(19)9-13)20(2)11-17(22)21(3)10-14-5-4-8-23-14/h4-9,12H,10-11H2,1-3H3. The molecule has 6 heteroatoms. The fourth-order valence-corrected chi connectivity index (χ4v) is 2.98. The molecule has 0 radical (unpaired) electrons. The lowest BCUT2D eigenvalue weighted by molar-refractivity contribution is -0.131. The molecule has 2 aromatic rings. The van der Waals surface area contributed by atoms with Crippen molar-refractivity contribution in [3.63, 3.8) is 0 Å². The molecule has 0 saturated heterocycles. The van der Waals surface area contributed by atoms with Crippen molar-refractivity contribution in [3.8, 4) is 0 Å². The molecule has 1 unspecified atom stereocenters. The molecule has 0 spiro atoms. The van der Waals surface area contributed by atoms with E-state index in [4.69, 9.17) is 0 Å². The molecular weight excluding hydrogens is 318 g/mol. The lowest BCUT2D eigenvalue weighted by Gasteiger charge is -2.27. The van der Waals surface area contributed by atoms with E-state index in [-0.39, 0.29) is 18.5 Å². The van der Waals surface area contributed by atoms with Crippen molar-refractivity contribution in [2.45, 2.75) is 19.5 Å². The molecule has 0 aliphatic carbocycles. The van der Waals surface area contributed by atoms with Crippen molar-refractivity contribution in [2.75, 3.05) is 20.6 Å². The van der Waals surface area contributed by atoms with Crippen LogP contribution in [-0.4, -0.2) is 36.3 Å². The van der Waals surface area contributed by atoms with E-state index < -0.39 is 11.6 Å². The minimum atomic E-state index is -0.871. The van der Waals surface area contributed by atoms with Gasteiger partial charge in [0.1, 0.15) is 0 Å². The third-order valence-corrected chi connectivity index (χ3v) is 4.73. The lowest BCUT2D eigenvalue weighted by Crippen LogP contribution is -2.37. The highest BCUT2D eigenvalue weighted by molar-refractivity contribution is 7.09. The molecule has 0 fully saturated rings. The number of carbonyl (C=O) groups excluding carboxylic acids is 1. The van der Waals surface area contributed by atoms with Crippen molar-refractivity contribution >= 4 is 17.2 Å². The smallest absolute Gasteiger partial charge is 0.236 e. The zero-order chi connectivity index (χ0) is 17.0. The first-order chi connectivity index (χ1) is 10.9. The fraction of sp³-hybridized carbons (Fsp3) is 0.353. The molecule has 0 N–H and O–H groups in total. The van der Waals surface area contributed by atoms with Gasteiger partial charge in [0, 0.05) is 18.0 Å². The highest BCUT2D eigenvalue weighted by Gasteiger charge is 2.18. The van der Waals surface area contributed by atoms with Gasteiger partial charge >= 0.3 is 0 Å². The number of amides is 1. The highest BCUT2D eigenvalue weighted by atomic mass is 32.1. The molecule has 0 aliphatic rings. The van der Waals surface area contributed by atoms with Gasteiger partial charge in [-0.3, -0.25) is 9.69 Å². The van der Waals surface area contributed by atoms with Gasteiger partial charge < -0.3 is 4.90 Å². The van der Waals surface area contributed by atoms with Crippen LogP contribution in [0.15, 0.2) is 35.7 Å². The summed E-state index contributed by atoms with van der Waals surface area (Å²) >= 11 is 1.61. The van der Waals surface area contributed by atoms with Crippen molar-refractivity contribution in [1.29, 1.82) is 0 Å². The van der Waals surface area contributed by atoms with Crippen LogP contribution >= 0.6 is 11.3 Å². The van der Waals surface area contributed by atoms with E-state index in [1.54, 1.807) is 36.4 Å². The summed E-state index contributed by atoms with van der Waals surface area (Å²) in [5.41, 5.74) is 0.639. The summed E-state index contributed by atoms with van der Waals surface area (Å²) < 4.78 is 26.3. The molecular formula is C17H20F2N2OS. The third kappa shape index (κ3) is 4.59. The molecule has 124 valence electrons. The minimum Gasteiger partial charge on any atom is -0.340 e. The van der Waals surface area contributed by atoms with Crippen molar-refractivity contribution in [1.82, 2.24) is 9.80 Å². The topological polar surface area (TPSA) is 23.6 Å². The van der Waals surface area contributed by atoms with Gasteiger partial charge in [-0.15, -0.1) is 11.3 Å². The average Bonchev–Trinajstić information content (AvgIpc) is 3.02. The Morgan fingerprint density at radius 1 is 1.22 bits per heavy atom. The van der Waals surface area contributed by atoms with Crippen LogP contribution in [0.2, 0.25) is 0 Å². The predicted octanol–water partition coefficient (Wildman–Crippen LogP) is 3.68. The number of rotatable bonds is 6. The first-order valence-electron chi connectivity index (χ1n) is 7.30. The Hall–Kier alpha value is -1.79. The Morgan fingerprint density at radius 3 is 2.57 bits per heavy atom. The number of thiophene rings is 1. The lowest BCUT2D eigenvalue weighted by atomic mass is 10.1. The molecule has 1 heterocycles. The van der Waals surface area contributed by atoms with Gasteiger partial charge in [-0.1, -0.05) is 12.1 Å². The molecule has 0 saturated carbocycles. The van der Waals surface area contributed by atoms with Crippen LogP contribution in [0.4, 0.5) is 8.78 Å². The monoisotopic (exact) mass is 338 g/mol.